The van der Waals surface area contributed by atoms with Crippen molar-refractivity contribution in [2.45, 2.75) is 19.6 Å². The maximum absolute atomic E-state index is 6.16. The molecule has 3 nitrogen and oxygen atoms in total. The first-order chi connectivity index (χ1) is 11.8. The van der Waals surface area contributed by atoms with Crippen molar-refractivity contribution >= 4 is 17.4 Å². The third-order valence-electron chi connectivity index (χ3n) is 3.85. The van der Waals surface area contributed by atoms with Crippen LogP contribution in [0.4, 0.5) is 5.82 Å². The van der Waals surface area contributed by atoms with E-state index in [1.165, 1.54) is 11.1 Å². The first-order valence-electron chi connectivity index (χ1n) is 7.94. The molecule has 0 fully saturated rings. The summed E-state index contributed by atoms with van der Waals surface area (Å²) in [4.78, 5) is 6.89. The highest BCUT2D eigenvalue weighted by atomic mass is 35.5. The first kappa shape index (κ1) is 16.5. The van der Waals surface area contributed by atoms with Crippen LogP contribution in [-0.2, 0) is 19.6 Å². The fourth-order valence-electron chi connectivity index (χ4n) is 2.62. The van der Waals surface area contributed by atoms with Crippen molar-refractivity contribution in [1.29, 1.82) is 0 Å². The number of pyridine rings is 1. The van der Waals surface area contributed by atoms with Gasteiger partial charge < -0.3 is 10.6 Å². The van der Waals surface area contributed by atoms with Gasteiger partial charge in [-0.1, -0.05) is 72.3 Å². The van der Waals surface area contributed by atoms with Gasteiger partial charge in [0, 0.05) is 19.6 Å². The van der Waals surface area contributed by atoms with Crippen molar-refractivity contribution in [3.05, 3.63) is 94.6 Å². The molecule has 24 heavy (non-hydrogen) atoms. The predicted molar refractivity (Wildman–Crippen MR) is 99.9 cm³/mol. The largest absolute Gasteiger partial charge is 0.348 e. The SMILES string of the molecule is NCc1nc(N(Cc2ccccc2)Cc2ccccc2)ccc1Cl. The maximum atomic E-state index is 6.16. The number of rotatable bonds is 6. The molecule has 0 atom stereocenters. The molecular weight excluding hydrogens is 318 g/mol. The van der Waals surface area contributed by atoms with Crippen LogP contribution in [0.1, 0.15) is 16.8 Å². The smallest absolute Gasteiger partial charge is 0.129 e. The molecule has 1 aromatic heterocycles. The van der Waals surface area contributed by atoms with Crippen LogP contribution in [0.15, 0.2) is 72.8 Å². The number of benzene rings is 2. The normalized spacial score (nSPS) is 10.6. The van der Waals surface area contributed by atoms with Gasteiger partial charge in [0.05, 0.1) is 10.7 Å². The Hall–Kier alpha value is -2.36. The fraction of sp³-hybridized carbons (Fsp3) is 0.150. The minimum absolute atomic E-state index is 0.331. The van der Waals surface area contributed by atoms with Gasteiger partial charge in [-0.3, -0.25) is 0 Å². The Labute approximate surface area is 147 Å². The highest BCUT2D eigenvalue weighted by molar-refractivity contribution is 6.31. The summed E-state index contributed by atoms with van der Waals surface area (Å²) < 4.78 is 0. The van der Waals surface area contributed by atoms with Crippen LogP contribution in [0.3, 0.4) is 0 Å². The molecular formula is C20H20ClN3. The van der Waals surface area contributed by atoms with Crippen molar-refractivity contribution in [2.75, 3.05) is 4.90 Å². The molecule has 0 aliphatic carbocycles. The Balaban J connectivity index is 1.91. The minimum Gasteiger partial charge on any atom is -0.348 e. The van der Waals surface area contributed by atoms with Crippen LogP contribution < -0.4 is 10.6 Å². The maximum Gasteiger partial charge on any atom is 0.129 e. The second-order valence-corrected chi connectivity index (χ2v) is 6.04. The van der Waals surface area contributed by atoms with Crippen LogP contribution in [0.5, 0.6) is 0 Å². The molecule has 0 aliphatic rings. The number of nitrogens with zero attached hydrogens (tertiary/aromatic N) is 2. The molecule has 0 saturated heterocycles. The second kappa shape index (κ2) is 7.95. The van der Waals surface area contributed by atoms with E-state index in [-0.39, 0.29) is 0 Å². The summed E-state index contributed by atoms with van der Waals surface area (Å²) in [6.45, 7) is 1.87. The standard InChI is InChI=1S/C20H20ClN3/c21-18-11-12-20(23-19(18)13-22)24(14-16-7-3-1-4-8-16)15-17-9-5-2-6-10-17/h1-12H,13-15,22H2. The summed E-state index contributed by atoms with van der Waals surface area (Å²) in [5.74, 6) is 0.882. The topological polar surface area (TPSA) is 42.1 Å². The molecule has 4 heteroatoms. The van der Waals surface area contributed by atoms with E-state index in [0.29, 0.717) is 11.6 Å². The zero-order chi connectivity index (χ0) is 16.8. The Morgan fingerprint density at radius 1 is 0.792 bits per heavy atom. The van der Waals surface area contributed by atoms with Crippen molar-refractivity contribution in [1.82, 2.24) is 4.98 Å². The van der Waals surface area contributed by atoms with Crippen molar-refractivity contribution in [3.8, 4) is 0 Å². The predicted octanol–water partition coefficient (Wildman–Crippen LogP) is 4.40. The lowest BCUT2D eigenvalue weighted by Gasteiger charge is -2.25. The molecule has 2 aromatic carbocycles. The summed E-state index contributed by atoms with van der Waals surface area (Å²) in [5, 5.41) is 0.612. The Bertz CT molecular complexity index is 734. The zero-order valence-electron chi connectivity index (χ0n) is 13.4. The van der Waals surface area contributed by atoms with Gasteiger partial charge in [-0.05, 0) is 23.3 Å². The highest BCUT2D eigenvalue weighted by Crippen LogP contribution is 2.22. The molecule has 3 aromatic rings. The Morgan fingerprint density at radius 3 is 1.83 bits per heavy atom. The highest BCUT2D eigenvalue weighted by Gasteiger charge is 2.12. The quantitative estimate of drug-likeness (QED) is 0.725. The van der Waals surface area contributed by atoms with E-state index in [1.54, 1.807) is 0 Å². The zero-order valence-corrected chi connectivity index (χ0v) is 14.2. The summed E-state index contributed by atoms with van der Waals surface area (Å²) in [7, 11) is 0. The van der Waals surface area contributed by atoms with Crippen LogP contribution in [0.2, 0.25) is 5.02 Å². The molecule has 0 radical (unpaired) electrons. The number of anilines is 1. The molecule has 0 aliphatic heterocycles. The van der Waals surface area contributed by atoms with E-state index in [2.05, 4.69) is 58.4 Å². The summed E-state index contributed by atoms with van der Waals surface area (Å²) in [5.41, 5.74) is 8.95. The van der Waals surface area contributed by atoms with E-state index in [4.69, 9.17) is 17.3 Å². The number of nitrogens with two attached hydrogens (primary N) is 1. The van der Waals surface area contributed by atoms with Crippen molar-refractivity contribution < 1.29 is 0 Å². The average molecular weight is 338 g/mol. The molecule has 0 spiro atoms. The number of hydrogen-bond donors (Lipinski definition) is 1. The molecule has 0 unspecified atom stereocenters. The van der Waals surface area contributed by atoms with Gasteiger partial charge in [-0.15, -0.1) is 0 Å². The molecule has 122 valence electrons. The van der Waals surface area contributed by atoms with Gasteiger partial charge in [0.1, 0.15) is 5.82 Å². The van der Waals surface area contributed by atoms with Gasteiger partial charge in [0.2, 0.25) is 0 Å². The van der Waals surface area contributed by atoms with Gasteiger partial charge in [0.15, 0.2) is 0 Å². The number of halogens is 1. The Morgan fingerprint density at radius 2 is 1.33 bits per heavy atom. The van der Waals surface area contributed by atoms with Crippen LogP contribution >= 0.6 is 11.6 Å². The van der Waals surface area contributed by atoms with Crippen LogP contribution in [0.25, 0.3) is 0 Å². The summed E-state index contributed by atoms with van der Waals surface area (Å²) in [6.07, 6.45) is 0. The second-order valence-electron chi connectivity index (χ2n) is 5.63. The molecule has 2 N–H and O–H groups in total. The van der Waals surface area contributed by atoms with Gasteiger partial charge in [0.25, 0.3) is 0 Å². The Kier molecular flexibility index (Phi) is 5.47. The lowest BCUT2D eigenvalue weighted by molar-refractivity contribution is 0.777. The van der Waals surface area contributed by atoms with Crippen LogP contribution in [-0.4, -0.2) is 4.98 Å². The van der Waals surface area contributed by atoms with E-state index in [0.717, 1.165) is 24.6 Å². The van der Waals surface area contributed by atoms with Gasteiger partial charge in [-0.2, -0.15) is 0 Å². The molecule has 0 amide bonds. The molecule has 0 saturated carbocycles. The number of hydrogen-bond acceptors (Lipinski definition) is 3. The van der Waals surface area contributed by atoms with E-state index in [1.807, 2.05) is 24.3 Å². The lowest BCUT2D eigenvalue weighted by Crippen LogP contribution is -2.23. The minimum atomic E-state index is 0.331. The molecule has 0 bridgehead atoms. The van der Waals surface area contributed by atoms with Crippen molar-refractivity contribution in [2.24, 2.45) is 5.73 Å². The lowest BCUT2D eigenvalue weighted by atomic mass is 10.1. The fourth-order valence-corrected chi connectivity index (χ4v) is 2.80. The molecule has 1 heterocycles. The molecule has 3 rings (SSSR count). The summed E-state index contributed by atoms with van der Waals surface area (Å²) in [6, 6.07) is 24.6. The van der Waals surface area contributed by atoms with E-state index < -0.39 is 0 Å². The average Bonchev–Trinajstić information content (AvgIpc) is 2.63. The van der Waals surface area contributed by atoms with Gasteiger partial charge in [-0.25, -0.2) is 4.98 Å². The van der Waals surface area contributed by atoms with Crippen molar-refractivity contribution in [3.63, 3.8) is 0 Å². The third-order valence-corrected chi connectivity index (χ3v) is 4.20. The number of aromatic nitrogens is 1. The van der Waals surface area contributed by atoms with E-state index >= 15 is 0 Å². The monoisotopic (exact) mass is 337 g/mol. The van der Waals surface area contributed by atoms with E-state index in [9.17, 15) is 0 Å². The first-order valence-corrected chi connectivity index (χ1v) is 8.32. The third kappa shape index (κ3) is 4.13. The van der Waals surface area contributed by atoms with Crippen LogP contribution in [0, 0.1) is 0 Å². The summed E-state index contributed by atoms with van der Waals surface area (Å²) >= 11 is 6.16. The van der Waals surface area contributed by atoms with Gasteiger partial charge >= 0.3 is 0 Å².